The third kappa shape index (κ3) is 2.01. The molecule has 0 aromatic carbocycles. The Morgan fingerprint density at radius 2 is 2.00 bits per heavy atom. The van der Waals surface area contributed by atoms with Gasteiger partial charge in [-0.2, -0.15) is 0 Å². The highest BCUT2D eigenvalue weighted by Gasteiger charge is 2.54. The zero-order valence-corrected chi connectivity index (χ0v) is 11.2. The third-order valence-electron chi connectivity index (χ3n) is 4.75. The Kier molecular flexibility index (Phi) is 3.25. The molecule has 18 heavy (non-hydrogen) atoms. The van der Waals surface area contributed by atoms with E-state index in [-0.39, 0.29) is 0 Å². The summed E-state index contributed by atoms with van der Waals surface area (Å²) in [6.07, 6.45) is 9.44. The fourth-order valence-electron chi connectivity index (χ4n) is 3.84. The van der Waals surface area contributed by atoms with Crippen LogP contribution >= 0.6 is 0 Å². The second kappa shape index (κ2) is 4.88. The van der Waals surface area contributed by atoms with E-state index in [0.29, 0.717) is 6.04 Å². The Hall–Kier alpha value is -1.09. The van der Waals surface area contributed by atoms with Gasteiger partial charge in [0.15, 0.2) is 0 Å². The van der Waals surface area contributed by atoms with Gasteiger partial charge in [-0.1, -0.05) is 12.8 Å². The Morgan fingerprint density at radius 1 is 1.28 bits per heavy atom. The van der Waals surface area contributed by atoms with Gasteiger partial charge < -0.3 is 10.1 Å². The van der Waals surface area contributed by atoms with Gasteiger partial charge in [0.1, 0.15) is 5.75 Å². The summed E-state index contributed by atoms with van der Waals surface area (Å²) in [5, 5.41) is 3.49. The number of hydrogen-bond donors (Lipinski definition) is 1. The minimum Gasteiger partial charge on any atom is -0.495 e. The monoisotopic (exact) mass is 246 g/mol. The van der Waals surface area contributed by atoms with E-state index in [0.717, 1.165) is 23.5 Å². The number of rotatable bonds is 4. The maximum atomic E-state index is 5.28. The number of hydrogen-bond acceptors (Lipinski definition) is 3. The molecule has 98 valence electrons. The molecule has 2 saturated carbocycles. The fraction of sp³-hybridized carbons (Fsp3) is 0.667. The molecule has 3 unspecified atom stereocenters. The SMILES string of the molecule is CNC(c1cncc(OC)c1)C1C2CCCCC21. The van der Waals surface area contributed by atoms with E-state index >= 15 is 0 Å². The van der Waals surface area contributed by atoms with Crippen LogP contribution in [0.1, 0.15) is 37.3 Å². The van der Waals surface area contributed by atoms with Crippen molar-refractivity contribution in [2.24, 2.45) is 17.8 Å². The van der Waals surface area contributed by atoms with Gasteiger partial charge in [-0.05, 0) is 49.3 Å². The normalized spacial score (nSPS) is 31.6. The summed E-state index contributed by atoms with van der Waals surface area (Å²) >= 11 is 0. The van der Waals surface area contributed by atoms with Crippen LogP contribution in [0, 0.1) is 17.8 Å². The smallest absolute Gasteiger partial charge is 0.137 e. The number of fused-ring (bicyclic) bond motifs is 1. The fourth-order valence-corrected chi connectivity index (χ4v) is 3.84. The summed E-state index contributed by atoms with van der Waals surface area (Å²) in [5.41, 5.74) is 1.27. The predicted octanol–water partition coefficient (Wildman–Crippen LogP) is 2.79. The first-order valence-electron chi connectivity index (χ1n) is 7.01. The van der Waals surface area contributed by atoms with Crippen molar-refractivity contribution in [2.45, 2.75) is 31.7 Å². The number of methoxy groups -OCH3 is 1. The summed E-state index contributed by atoms with van der Waals surface area (Å²) in [4.78, 5) is 4.29. The molecule has 2 aliphatic rings. The molecule has 3 nitrogen and oxygen atoms in total. The predicted molar refractivity (Wildman–Crippen MR) is 71.5 cm³/mol. The molecular formula is C15H22N2O. The Labute approximate surface area is 109 Å². The van der Waals surface area contributed by atoms with Crippen LogP contribution in [0.25, 0.3) is 0 Å². The van der Waals surface area contributed by atoms with Crippen molar-refractivity contribution in [3.63, 3.8) is 0 Å². The standard InChI is InChI=1S/C15H22N2O/c1-16-15(10-7-11(18-2)9-17-8-10)14-12-5-3-4-6-13(12)14/h7-9,12-16H,3-6H2,1-2H3. The Bertz CT molecular complexity index is 409. The van der Waals surface area contributed by atoms with Crippen molar-refractivity contribution in [3.8, 4) is 5.75 Å². The van der Waals surface area contributed by atoms with E-state index in [4.69, 9.17) is 4.74 Å². The molecule has 0 saturated heterocycles. The van der Waals surface area contributed by atoms with Crippen molar-refractivity contribution in [3.05, 3.63) is 24.0 Å². The van der Waals surface area contributed by atoms with Gasteiger partial charge in [-0.3, -0.25) is 4.98 Å². The van der Waals surface area contributed by atoms with Gasteiger partial charge >= 0.3 is 0 Å². The number of pyridine rings is 1. The van der Waals surface area contributed by atoms with Crippen LogP contribution in [-0.2, 0) is 0 Å². The molecular weight excluding hydrogens is 224 g/mol. The average molecular weight is 246 g/mol. The first-order valence-corrected chi connectivity index (χ1v) is 7.01. The highest BCUT2D eigenvalue weighted by Crippen LogP contribution is 2.60. The van der Waals surface area contributed by atoms with Gasteiger partial charge in [0.25, 0.3) is 0 Å². The van der Waals surface area contributed by atoms with Gasteiger partial charge in [-0.25, -0.2) is 0 Å². The third-order valence-corrected chi connectivity index (χ3v) is 4.75. The number of nitrogens with zero attached hydrogens (tertiary/aromatic N) is 1. The molecule has 0 aliphatic heterocycles. The highest BCUT2D eigenvalue weighted by molar-refractivity contribution is 5.28. The second-order valence-corrected chi connectivity index (χ2v) is 5.61. The van der Waals surface area contributed by atoms with E-state index in [9.17, 15) is 0 Å². The van der Waals surface area contributed by atoms with Gasteiger partial charge in [0.2, 0.25) is 0 Å². The molecule has 1 aromatic rings. The Morgan fingerprint density at radius 3 is 2.61 bits per heavy atom. The molecule has 0 bridgehead atoms. The molecule has 1 aromatic heterocycles. The quantitative estimate of drug-likeness (QED) is 0.887. The lowest BCUT2D eigenvalue weighted by Gasteiger charge is -2.17. The van der Waals surface area contributed by atoms with Gasteiger partial charge in [0.05, 0.1) is 13.3 Å². The van der Waals surface area contributed by atoms with Gasteiger partial charge in [0, 0.05) is 12.2 Å². The minimum atomic E-state index is 0.445. The van der Waals surface area contributed by atoms with Crippen molar-refractivity contribution >= 4 is 0 Å². The number of nitrogens with one attached hydrogen (secondary N) is 1. The summed E-state index contributed by atoms with van der Waals surface area (Å²) in [6.45, 7) is 0. The summed E-state index contributed by atoms with van der Waals surface area (Å²) < 4.78 is 5.28. The van der Waals surface area contributed by atoms with Crippen molar-refractivity contribution in [2.75, 3.05) is 14.2 Å². The minimum absolute atomic E-state index is 0.445. The number of aromatic nitrogens is 1. The van der Waals surface area contributed by atoms with E-state index in [2.05, 4.69) is 23.4 Å². The lowest BCUT2D eigenvalue weighted by atomic mass is 10.0. The first-order chi connectivity index (χ1) is 8.85. The van der Waals surface area contributed by atoms with Crippen molar-refractivity contribution in [1.82, 2.24) is 10.3 Å². The summed E-state index contributed by atoms with van der Waals surface area (Å²) in [7, 11) is 3.76. The second-order valence-electron chi connectivity index (χ2n) is 5.61. The maximum absolute atomic E-state index is 5.28. The molecule has 1 N–H and O–H groups in total. The molecule has 1 heterocycles. The zero-order chi connectivity index (χ0) is 12.5. The van der Waals surface area contributed by atoms with E-state index in [1.165, 1.54) is 31.2 Å². The van der Waals surface area contributed by atoms with Crippen LogP contribution < -0.4 is 10.1 Å². The first kappa shape index (κ1) is 12.0. The molecule has 0 radical (unpaired) electrons. The van der Waals surface area contributed by atoms with Crippen LogP contribution in [0.2, 0.25) is 0 Å². The molecule has 0 amide bonds. The van der Waals surface area contributed by atoms with Crippen LogP contribution in [0.3, 0.4) is 0 Å². The van der Waals surface area contributed by atoms with Crippen LogP contribution in [0.5, 0.6) is 5.75 Å². The molecule has 2 aliphatic carbocycles. The van der Waals surface area contributed by atoms with Crippen LogP contribution in [0.15, 0.2) is 18.5 Å². The van der Waals surface area contributed by atoms with E-state index < -0.39 is 0 Å². The lowest BCUT2D eigenvalue weighted by Crippen LogP contribution is -2.20. The largest absolute Gasteiger partial charge is 0.495 e. The maximum Gasteiger partial charge on any atom is 0.137 e. The lowest BCUT2D eigenvalue weighted by molar-refractivity contribution is 0.409. The highest BCUT2D eigenvalue weighted by atomic mass is 16.5. The topological polar surface area (TPSA) is 34.2 Å². The Balaban J connectivity index is 1.79. The molecule has 3 heteroatoms. The van der Waals surface area contributed by atoms with E-state index in [1.807, 2.05) is 6.20 Å². The average Bonchev–Trinajstić information content (AvgIpc) is 3.15. The molecule has 3 atom stereocenters. The summed E-state index contributed by atoms with van der Waals surface area (Å²) in [5.74, 6) is 3.56. The number of ether oxygens (including phenoxy) is 1. The van der Waals surface area contributed by atoms with Crippen LogP contribution in [0.4, 0.5) is 0 Å². The van der Waals surface area contributed by atoms with Crippen molar-refractivity contribution in [1.29, 1.82) is 0 Å². The van der Waals surface area contributed by atoms with Crippen molar-refractivity contribution < 1.29 is 4.74 Å². The zero-order valence-electron chi connectivity index (χ0n) is 11.2. The molecule has 0 spiro atoms. The summed E-state index contributed by atoms with van der Waals surface area (Å²) in [6, 6.07) is 2.57. The molecule has 2 fully saturated rings. The molecule has 3 rings (SSSR count). The van der Waals surface area contributed by atoms with Gasteiger partial charge in [-0.15, -0.1) is 0 Å². The van der Waals surface area contributed by atoms with E-state index in [1.54, 1.807) is 13.3 Å². The van der Waals surface area contributed by atoms with Crippen LogP contribution in [-0.4, -0.2) is 19.1 Å².